The van der Waals surface area contributed by atoms with Crippen LogP contribution in [0.5, 0.6) is 0 Å². The maximum absolute atomic E-state index is 9.31. The largest absolute Gasteiger partial charge is 0.245 e. The second-order valence-corrected chi connectivity index (χ2v) is 5.59. The highest BCUT2D eigenvalue weighted by atomic mass is 32.2. The molecule has 98 valence electrons. The number of thioether (sulfide) groups is 1. The molecule has 0 saturated carbocycles. The minimum atomic E-state index is 0.777. The van der Waals surface area contributed by atoms with Crippen LogP contribution in [-0.4, -0.2) is 10.7 Å². The van der Waals surface area contributed by atoms with Gasteiger partial charge < -0.3 is 0 Å². The Morgan fingerprint density at radius 3 is 2.50 bits per heavy atom. The van der Waals surface area contributed by atoms with Crippen LogP contribution in [-0.2, 0) is 6.42 Å². The van der Waals surface area contributed by atoms with Gasteiger partial charge in [-0.15, -0.1) is 11.8 Å². The summed E-state index contributed by atoms with van der Waals surface area (Å²) in [6, 6.07) is 2.32. The van der Waals surface area contributed by atoms with Crippen LogP contribution in [0.15, 0.2) is 5.03 Å². The van der Waals surface area contributed by atoms with Crippen LogP contribution in [0.4, 0.5) is 0 Å². The first-order valence-corrected chi connectivity index (χ1v) is 7.67. The van der Waals surface area contributed by atoms with Crippen LogP contribution < -0.4 is 0 Å². The second-order valence-electron chi connectivity index (χ2n) is 4.50. The quantitative estimate of drug-likeness (QED) is 0.562. The molecule has 0 aliphatic heterocycles. The van der Waals surface area contributed by atoms with E-state index in [-0.39, 0.29) is 0 Å². The van der Waals surface area contributed by atoms with Crippen molar-refractivity contribution in [1.29, 1.82) is 5.26 Å². The van der Waals surface area contributed by atoms with Crippen LogP contribution >= 0.6 is 11.8 Å². The summed E-state index contributed by atoms with van der Waals surface area (Å²) in [5, 5.41) is 10.2. The lowest BCUT2D eigenvalue weighted by Gasteiger charge is -2.12. The Labute approximate surface area is 115 Å². The molecular weight excluding hydrogens is 240 g/mol. The third-order valence-corrected chi connectivity index (χ3v) is 4.26. The third-order valence-electron chi connectivity index (χ3n) is 3.20. The molecule has 0 amide bonds. The number of aromatic nitrogens is 1. The molecule has 0 aliphatic carbocycles. The highest BCUT2D eigenvalue weighted by Crippen LogP contribution is 2.27. The van der Waals surface area contributed by atoms with E-state index in [1.807, 2.05) is 13.8 Å². The molecule has 1 heterocycles. The molecule has 0 spiro atoms. The van der Waals surface area contributed by atoms with Gasteiger partial charge in [-0.1, -0.05) is 26.7 Å². The van der Waals surface area contributed by atoms with E-state index in [0.717, 1.165) is 34.0 Å². The Morgan fingerprint density at radius 1 is 1.22 bits per heavy atom. The van der Waals surface area contributed by atoms with Crippen molar-refractivity contribution in [2.24, 2.45) is 0 Å². The lowest BCUT2D eigenvalue weighted by Crippen LogP contribution is -2.02. The highest BCUT2D eigenvalue weighted by molar-refractivity contribution is 7.99. The smallest absolute Gasteiger partial charge is 0.114 e. The number of hydrogen-bond acceptors (Lipinski definition) is 3. The van der Waals surface area contributed by atoms with Crippen molar-refractivity contribution in [1.82, 2.24) is 4.98 Å². The Kier molecular flexibility index (Phi) is 6.21. The van der Waals surface area contributed by atoms with Crippen LogP contribution in [0, 0.1) is 25.2 Å². The summed E-state index contributed by atoms with van der Waals surface area (Å²) >= 11 is 1.73. The molecule has 0 unspecified atom stereocenters. The molecule has 0 aliphatic rings. The molecule has 0 fully saturated rings. The maximum atomic E-state index is 9.31. The monoisotopic (exact) mass is 262 g/mol. The summed E-state index contributed by atoms with van der Waals surface area (Å²) in [6.07, 6.45) is 4.62. The van der Waals surface area contributed by atoms with Gasteiger partial charge in [-0.2, -0.15) is 5.26 Å². The van der Waals surface area contributed by atoms with Gasteiger partial charge in [0.1, 0.15) is 11.1 Å². The Morgan fingerprint density at radius 2 is 1.94 bits per heavy atom. The van der Waals surface area contributed by atoms with Gasteiger partial charge >= 0.3 is 0 Å². The molecule has 0 radical (unpaired) electrons. The number of pyridine rings is 1. The van der Waals surface area contributed by atoms with Gasteiger partial charge in [-0.3, -0.25) is 0 Å². The first-order valence-electron chi connectivity index (χ1n) is 6.68. The summed E-state index contributed by atoms with van der Waals surface area (Å²) in [6.45, 7) is 8.41. The number of nitriles is 1. The average molecular weight is 262 g/mol. The molecule has 0 N–H and O–H groups in total. The zero-order valence-electron chi connectivity index (χ0n) is 11.8. The first-order chi connectivity index (χ1) is 8.65. The molecule has 1 rings (SSSR count). The van der Waals surface area contributed by atoms with E-state index in [1.165, 1.54) is 24.8 Å². The number of unbranched alkanes of at least 4 members (excludes halogenated alkanes) is 2. The van der Waals surface area contributed by atoms with Gasteiger partial charge in [0.15, 0.2) is 0 Å². The van der Waals surface area contributed by atoms with Crippen molar-refractivity contribution >= 4 is 11.8 Å². The molecule has 18 heavy (non-hydrogen) atoms. The van der Waals surface area contributed by atoms with Crippen LogP contribution in [0.3, 0.4) is 0 Å². The molecule has 1 aromatic heterocycles. The van der Waals surface area contributed by atoms with Crippen LogP contribution in [0.25, 0.3) is 0 Å². The summed E-state index contributed by atoms with van der Waals surface area (Å²) in [5.41, 5.74) is 4.20. The van der Waals surface area contributed by atoms with Gasteiger partial charge in [0, 0.05) is 5.69 Å². The predicted octanol–water partition coefficient (Wildman–Crippen LogP) is 4.41. The highest BCUT2D eigenvalue weighted by Gasteiger charge is 2.13. The standard InChI is InChI=1S/C15H22N2S/c1-5-7-8-9-18-15-14(10-16)11(3)13(6-2)12(4)17-15/h5-9H2,1-4H3. The van der Waals surface area contributed by atoms with Gasteiger partial charge in [-0.05, 0) is 43.6 Å². The summed E-state index contributed by atoms with van der Waals surface area (Å²) in [7, 11) is 0. The van der Waals surface area contributed by atoms with E-state index in [2.05, 4.69) is 24.9 Å². The van der Waals surface area contributed by atoms with E-state index in [4.69, 9.17) is 0 Å². The Balaban J connectivity index is 2.95. The fraction of sp³-hybridized carbons (Fsp3) is 0.600. The fourth-order valence-corrected chi connectivity index (χ4v) is 3.22. The molecule has 1 aromatic rings. The summed E-state index contributed by atoms with van der Waals surface area (Å²) in [5.74, 6) is 1.06. The zero-order valence-corrected chi connectivity index (χ0v) is 12.7. The summed E-state index contributed by atoms with van der Waals surface area (Å²) < 4.78 is 0. The minimum absolute atomic E-state index is 0.777. The van der Waals surface area contributed by atoms with Crippen molar-refractivity contribution in [3.63, 3.8) is 0 Å². The van der Waals surface area contributed by atoms with Gasteiger partial charge in [0.05, 0.1) is 5.56 Å². The lowest BCUT2D eigenvalue weighted by molar-refractivity contribution is 0.778. The number of nitrogens with zero attached hydrogens (tertiary/aromatic N) is 2. The molecule has 3 heteroatoms. The molecule has 2 nitrogen and oxygen atoms in total. The number of aryl methyl sites for hydroxylation is 1. The van der Waals surface area contributed by atoms with Gasteiger partial charge in [0.25, 0.3) is 0 Å². The fourth-order valence-electron chi connectivity index (χ4n) is 2.14. The van der Waals surface area contributed by atoms with Crippen LogP contribution in [0.1, 0.15) is 55.5 Å². The number of rotatable bonds is 6. The molecule has 0 bridgehead atoms. The molecule has 0 atom stereocenters. The number of hydrogen-bond donors (Lipinski definition) is 0. The van der Waals surface area contributed by atoms with E-state index in [1.54, 1.807) is 11.8 Å². The van der Waals surface area contributed by atoms with E-state index in [9.17, 15) is 5.26 Å². The molecule has 0 saturated heterocycles. The SMILES string of the molecule is CCCCCSc1nc(C)c(CC)c(C)c1C#N. The first kappa shape index (κ1) is 15.0. The lowest BCUT2D eigenvalue weighted by atomic mass is 10.0. The maximum Gasteiger partial charge on any atom is 0.114 e. The van der Waals surface area contributed by atoms with Crippen molar-refractivity contribution in [2.75, 3.05) is 5.75 Å². The predicted molar refractivity (Wildman–Crippen MR) is 78.1 cm³/mol. The van der Waals surface area contributed by atoms with E-state index in [0.29, 0.717) is 0 Å². The van der Waals surface area contributed by atoms with E-state index < -0.39 is 0 Å². The molecule has 0 aromatic carbocycles. The van der Waals surface area contributed by atoms with Gasteiger partial charge in [-0.25, -0.2) is 4.98 Å². The second kappa shape index (κ2) is 7.43. The van der Waals surface area contributed by atoms with Crippen molar-refractivity contribution in [2.45, 2.75) is 58.4 Å². The van der Waals surface area contributed by atoms with Gasteiger partial charge in [0.2, 0.25) is 0 Å². The zero-order chi connectivity index (χ0) is 13.5. The average Bonchev–Trinajstić information content (AvgIpc) is 2.35. The van der Waals surface area contributed by atoms with Crippen molar-refractivity contribution in [3.8, 4) is 6.07 Å². The van der Waals surface area contributed by atoms with E-state index >= 15 is 0 Å². The minimum Gasteiger partial charge on any atom is -0.245 e. The topological polar surface area (TPSA) is 36.7 Å². The summed E-state index contributed by atoms with van der Waals surface area (Å²) in [4.78, 5) is 4.61. The molecular formula is C15H22N2S. The Hall–Kier alpha value is -1.01. The van der Waals surface area contributed by atoms with Crippen molar-refractivity contribution in [3.05, 3.63) is 22.4 Å². The van der Waals surface area contributed by atoms with Crippen molar-refractivity contribution < 1.29 is 0 Å². The van der Waals surface area contributed by atoms with Crippen LogP contribution in [0.2, 0.25) is 0 Å². The third kappa shape index (κ3) is 3.49. The normalized spacial score (nSPS) is 10.4. The Bertz CT molecular complexity index is 447.